The number of esters is 1. The average molecular weight is 223 g/mol. The summed E-state index contributed by atoms with van der Waals surface area (Å²) in [4.78, 5) is 22.2. The summed E-state index contributed by atoms with van der Waals surface area (Å²) in [5.74, 6) is -0.908. The predicted octanol–water partition coefficient (Wildman–Crippen LogP) is 1.53. The van der Waals surface area contributed by atoms with E-state index >= 15 is 0 Å². The maximum atomic E-state index is 11.1. The molecule has 86 valence electrons. The van der Waals surface area contributed by atoms with Crippen LogP contribution in [0.1, 0.15) is 23.7 Å². The van der Waals surface area contributed by atoms with Crippen LogP contribution in [0.3, 0.4) is 0 Å². The molecule has 16 heavy (non-hydrogen) atoms. The Morgan fingerprint density at radius 1 is 1.44 bits per heavy atom. The minimum Gasteiger partial charge on any atom is -0.506 e. The Morgan fingerprint density at radius 2 is 2.12 bits per heavy atom. The van der Waals surface area contributed by atoms with Gasteiger partial charge in [0.1, 0.15) is 5.75 Å². The molecule has 0 saturated heterocycles. The molecule has 1 rings (SSSR count). The molecular formula is C11H13NO4. The number of ether oxygens (including phenoxy) is 1. The monoisotopic (exact) mass is 223 g/mol. The highest BCUT2D eigenvalue weighted by Crippen LogP contribution is 2.24. The van der Waals surface area contributed by atoms with Crippen LogP contribution in [0.4, 0.5) is 5.69 Å². The number of methoxy groups -OCH3 is 1. The van der Waals surface area contributed by atoms with Gasteiger partial charge < -0.3 is 15.2 Å². The molecule has 0 aliphatic heterocycles. The van der Waals surface area contributed by atoms with Crippen LogP contribution < -0.4 is 5.32 Å². The molecule has 0 radical (unpaired) electrons. The van der Waals surface area contributed by atoms with Crippen molar-refractivity contribution in [1.29, 1.82) is 0 Å². The number of phenols is 1. The van der Waals surface area contributed by atoms with Crippen molar-refractivity contribution in [3.8, 4) is 5.75 Å². The number of hydrogen-bond donors (Lipinski definition) is 2. The van der Waals surface area contributed by atoms with E-state index in [4.69, 9.17) is 0 Å². The zero-order valence-corrected chi connectivity index (χ0v) is 9.11. The fourth-order valence-corrected chi connectivity index (χ4v) is 1.12. The Hall–Kier alpha value is -2.04. The first-order chi connectivity index (χ1) is 7.58. The Balaban J connectivity index is 2.91. The second kappa shape index (κ2) is 5.16. The van der Waals surface area contributed by atoms with E-state index < -0.39 is 5.97 Å². The summed E-state index contributed by atoms with van der Waals surface area (Å²) in [6, 6.07) is 4.17. The van der Waals surface area contributed by atoms with Gasteiger partial charge in [0.15, 0.2) is 0 Å². The summed E-state index contributed by atoms with van der Waals surface area (Å²) in [6.07, 6.45) is 0.318. The lowest BCUT2D eigenvalue weighted by molar-refractivity contribution is -0.115. The molecule has 0 aromatic heterocycles. The molecule has 5 nitrogen and oxygen atoms in total. The van der Waals surface area contributed by atoms with Crippen LogP contribution in [0.2, 0.25) is 0 Å². The highest BCUT2D eigenvalue weighted by molar-refractivity contribution is 5.94. The SMILES string of the molecule is CCC(=O)Nc1ccc(C(=O)OC)cc1O. The van der Waals surface area contributed by atoms with Gasteiger partial charge >= 0.3 is 5.97 Å². The lowest BCUT2D eigenvalue weighted by Crippen LogP contribution is -2.10. The third-order valence-corrected chi connectivity index (χ3v) is 2.01. The van der Waals surface area contributed by atoms with Crippen molar-refractivity contribution in [2.24, 2.45) is 0 Å². The van der Waals surface area contributed by atoms with Gasteiger partial charge in [-0.3, -0.25) is 4.79 Å². The minimum atomic E-state index is -0.538. The van der Waals surface area contributed by atoms with E-state index in [1.54, 1.807) is 6.92 Å². The van der Waals surface area contributed by atoms with Crippen LogP contribution >= 0.6 is 0 Å². The number of rotatable bonds is 3. The van der Waals surface area contributed by atoms with Gasteiger partial charge in [0.25, 0.3) is 0 Å². The fourth-order valence-electron chi connectivity index (χ4n) is 1.12. The van der Waals surface area contributed by atoms with Gasteiger partial charge in [-0.15, -0.1) is 0 Å². The molecule has 0 unspecified atom stereocenters. The van der Waals surface area contributed by atoms with Crippen molar-refractivity contribution in [3.63, 3.8) is 0 Å². The van der Waals surface area contributed by atoms with Gasteiger partial charge in [-0.25, -0.2) is 4.79 Å². The van der Waals surface area contributed by atoms with Crippen molar-refractivity contribution in [1.82, 2.24) is 0 Å². The number of hydrogen-bond acceptors (Lipinski definition) is 4. The summed E-state index contributed by atoms with van der Waals surface area (Å²) >= 11 is 0. The lowest BCUT2D eigenvalue weighted by Gasteiger charge is -2.07. The molecule has 0 atom stereocenters. The zero-order valence-electron chi connectivity index (χ0n) is 9.11. The first kappa shape index (κ1) is 12.0. The maximum absolute atomic E-state index is 11.1. The quantitative estimate of drug-likeness (QED) is 0.601. The van der Waals surface area contributed by atoms with Crippen LogP contribution in [0.5, 0.6) is 5.75 Å². The van der Waals surface area contributed by atoms with Gasteiger partial charge in [-0.05, 0) is 18.2 Å². The van der Waals surface area contributed by atoms with Crippen molar-refractivity contribution in [2.75, 3.05) is 12.4 Å². The van der Waals surface area contributed by atoms with Gasteiger partial charge in [0.2, 0.25) is 5.91 Å². The molecule has 0 aliphatic rings. The maximum Gasteiger partial charge on any atom is 0.337 e. The van der Waals surface area contributed by atoms with Crippen LogP contribution in [0.15, 0.2) is 18.2 Å². The Kier molecular flexibility index (Phi) is 3.88. The normalized spacial score (nSPS) is 9.62. The van der Waals surface area contributed by atoms with E-state index in [-0.39, 0.29) is 22.9 Å². The number of nitrogens with one attached hydrogen (secondary N) is 1. The molecule has 0 spiro atoms. The largest absolute Gasteiger partial charge is 0.506 e. The molecule has 0 bridgehead atoms. The molecule has 0 saturated carbocycles. The average Bonchev–Trinajstić information content (AvgIpc) is 2.30. The van der Waals surface area contributed by atoms with E-state index in [1.807, 2.05) is 0 Å². The number of phenolic OH excluding ortho intramolecular Hbond substituents is 1. The minimum absolute atomic E-state index is 0.162. The summed E-state index contributed by atoms with van der Waals surface area (Å²) in [7, 11) is 1.26. The molecule has 5 heteroatoms. The van der Waals surface area contributed by atoms with Crippen molar-refractivity contribution in [3.05, 3.63) is 23.8 Å². The topological polar surface area (TPSA) is 75.6 Å². The summed E-state index contributed by atoms with van der Waals surface area (Å²) < 4.78 is 4.50. The van der Waals surface area contributed by atoms with Gasteiger partial charge in [-0.1, -0.05) is 6.92 Å². The third-order valence-electron chi connectivity index (χ3n) is 2.01. The van der Waals surface area contributed by atoms with E-state index in [2.05, 4.69) is 10.1 Å². The number of amides is 1. The first-order valence-electron chi connectivity index (χ1n) is 4.79. The molecule has 0 heterocycles. The Labute approximate surface area is 93.0 Å². The molecule has 1 aromatic carbocycles. The van der Waals surface area contributed by atoms with Crippen LogP contribution in [0, 0.1) is 0 Å². The smallest absolute Gasteiger partial charge is 0.337 e. The van der Waals surface area contributed by atoms with Crippen LogP contribution in [-0.4, -0.2) is 24.1 Å². The second-order valence-electron chi connectivity index (χ2n) is 3.13. The fraction of sp³-hybridized carbons (Fsp3) is 0.273. The molecule has 1 aromatic rings. The van der Waals surface area contributed by atoms with Gasteiger partial charge in [0, 0.05) is 6.42 Å². The summed E-state index contributed by atoms with van der Waals surface area (Å²) in [5.41, 5.74) is 0.508. The van der Waals surface area contributed by atoms with E-state index in [1.165, 1.54) is 25.3 Å². The summed E-state index contributed by atoms with van der Waals surface area (Å²) in [6.45, 7) is 1.70. The van der Waals surface area contributed by atoms with Gasteiger partial charge in [0.05, 0.1) is 18.4 Å². The second-order valence-corrected chi connectivity index (χ2v) is 3.13. The first-order valence-corrected chi connectivity index (χ1v) is 4.79. The lowest BCUT2D eigenvalue weighted by atomic mass is 10.2. The third kappa shape index (κ3) is 2.73. The molecule has 2 N–H and O–H groups in total. The van der Waals surface area contributed by atoms with E-state index in [9.17, 15) is 14.7 Å². The van der Waals surface area contributed by atoms with Gasteiger partial charge in [-0.2, -0.15) is 0 Å². The predicted molar refractivity (Wildman–Crippen MR) is 58.4 cm³/mol. The van der Waals surface area contributed by atoms with Crippen LogP contribution in [0.25, 0.3) is 0 Å². The van der Waals surface area contributed by atoms with E-state index in [0.717, 1.165) is 0 Å². The number of carbonyl (C=O) groups excluding carboxylic acids is 2. The number of aromatic hydroxyl groups is 1. The number of anilines is 1. The van der Waals surface area contributed by atoms with Crippen LogP contribution in [-0.2, 0) is 9.53 Å². The molecule has 0 fully saturated rings. The highest BCUT2D eigenvalue weighted by Gasteiger charge is 2.10. The van der Waals surface area contributed by atoms with Crippen molar-refractivity contribution in [2.45, 2.75) is 13.3 Å². The number of carbonyl (C=O) groups is 2. The zero-order chi connectivity index (χ0) is 12.1. The highest BCUT2D eigenvalue weighted by atomic mass is 16.5. The molecule has 0 aliphatic carbocycles. The molecule has 1 amide bonds. The number of benzene rings is 1. The van der Waals surface area contributed by atoms with Crippen molar-refractivity contribution >= 4 is 17.6 Å². The summed E-state index contributed by atoms with van der Waals surface area (Å²) in [5, 5.41) is 12.1. The van der Waals surface area contributed by atoms with Crippen molar-refractivity contribution < 1.29 is 19.4 Å². The molecular weight excluding hydrogens is 210 g/mol. The van der Waals surface area contributed by atoms with E-state index in [0.29, 0.717) is 6.42 Å². The Bertz CT molecular complexity index is 414. The Morgan fingerprint density at radius 3 is 2.62 bits per heavy atom. The standard InChI is InChI=1S/C11H13NO4/c1-3-10(14)12-8-5-4-7(6-9(8)13)11(15)16-2/h4-6,13H,3H2,1-2H3,(H,12,14).